The quantitative estimate of drug-likeness (QED) is 0.411. The number of benzene rings is 2. The molecule has 3 aromatic rings. The summed E-state index contributed by atoms with van der Waals surface area (Å²) in [7, 11) is 0. The summed E-state index contributed by atoms with van der Waals surface area (Å²) in [6.45, 7) is -0.389. The zero-order valence-corrected chi connectivity index (χ0v) is 15.9. The van der Waals surface area contributed by atoms with E-state index in [0.717, 1.165) is 47.4 Å². The number of aromatic carboxylic acids is 1. The average molecular weight is 450 g/mol. The predicted octanol–water partition coefficient (Wildman–Crippen LogP) is 3.94. The molecule has 0 saturated carbocycles. The molecule has 0 spiro atoms. The summed E-state index contributed by atoms with van der Waals surface area (Å²) in [5.41, 5.74) is -1.63. The van der Waals surface area contributed by atoms with Crippen molar-refractivity contribution in [1.29, 1.82) is 0 Å². The molecule has 166 valence electrons. The van der Waals surface area contributed by atoms with Crippen LogP contribution in [-0.2, 0) is 17.5 Å². The maximum absolute atomic E-state index is 12.9. The topological polar surface area (TPSA) is 137 Å². The summed E-state index contributed by atoms with van der Waals surface area (Å²) < 4.78 is 45.0. The Balaban J connectivity index is 1.80. The molecule has 0 aliphatic carbocycles. The van der Waals surface area contributed by atoms with E-state index in [-0.39, 0.29) is 29.3 Å². The number of nitrogens with zero attached hydrogens (tertiary/aromatic N) is 3. The average Bonchev–Trinajstić information content (AvgIpc) is 3.16. The van der Waals surface area contributed by atoms with Crippen LogP contribution in [-0.4, -0.2) is 31.7 Å². The molecule has 0 atom stereocenters. The van der Waals surface area contributed by atoms with Crippen LogP contribution in [0, 0.1) is 10.1 Å². The lowest BCUT2D eigenvalue weighted by atomic mass is 10.2. The summed E-state index contributed by atoms with van der Waals surface area (Å²) in [4.78, 5) is 33.5. The van der Waals surface area contributed by atoms with Gasteiger partial charge in [0.2, 0.25) is 5.91 Å². The minimum atomic E-state index is -4.60. The number of aromatic nitrogens is 2. The number of hydrogen-bond acceptors (Lipinski definition) is 6. The molecule has 1 aromatic heterocycles. The normalized spacial score (nSPS) is 11.1. The molecule has 10 nitrogen and oxygen atoms in total. The van der Waals surface area contributed by atoms with E-state index in [1.165, 1.54) is 12.1 Å². The zero-order chi connectivity index (χ0) is 23.5. The number of nitrogens with one attached hydrogen (secondary N) is 1. The molecule has 2 aromatic carbocycles. The lowest BCUT2D eigenvalue weighted by Gasteiger charge is -2.11. The number of carboxylic acid groups (broad SMARTS) is 1. The number of rotatable bonds is 7. The largest absolute Gasteiger partial charge is 0.478 e. The highest BCUT2D eigenvalue weighted by atomic mass is 19.4. The second-order valence-corrected chi connectivity index (χ2v) is 6.38. The van der Waals surface area contributed by atoms with Gasteiger partial charge in [-0.1, -0.05) is 6.07 Å². The standard InChI is InChI=1S/C19H13F3N4O6/c20-19(21,22)12-2-1-3-15(4-12)32-16-6-13(5-14(7-16)26(30)31)24-17(27)10-25-9-11(8-23-25)18(28)29/h1-9H,10H2,(H,24,27)(H,28,29). The van der Waals surface area contributed by atoms with Crippen LogP contribution in [0.3, 0.4) is 0 Å². The monoisotopic (exact) mass is 450 g/mol. The maximum Gasteiger partial charge on any atom is 0.416 e. The fraction of sp³-hybridized carbons (Fsp3) is 0.105. The van der Waals surface area contributed by atoms with Gasteiger partial charge in [-0.2, -0.15) is 18.3 Å². The third-order valence-electron chi connectivity index (χ3n) is 3.97. The number of carbonyl (C=O) groups excluding carboxylic acids is 1. The summed E-state index contributed by atoms with van der Waals surface area (Å²) in [6.07, 6.45) is -2.43. The summed E-state index contributed by atoms with van der Waals surface area (Å²) in [6, 6.07) is 7.14. The summed E-state index contributed by atoms with van der Waals surface area (Å²) >= 11 is 0. The maximum atomic E-state index is 12.9. The minimum Gasteiger partial charge on any atom is -0.478 e. The first-order chi connectivity index (χ1) is 15.0. The Kier molecular flexibility index (Phi) is 6.09. The van der Waals surface area contributed by atoms with Crippen LogP contribution in [0.2, 0.25) is 0 Å². The van der Waals surface area contributed by atoms with Crippen LogP contribution >= 0.6 is 0 Å². The first-order valence-electron chi connectivity index (χ1n) is 8.71. The Hall–Kier alpha value is -4.42. The highest BCUT2D eigenvalue weighted by Gasteiger charge is 2.30. The van der Waals surface area contributed by atoms with Crippen LogP contribution in [0.1, 0.15) is 15.9 Å². The molecule has 0 unspecified atom stereocenters. The van der Waals surface area contributed by atoms with E-state index in [9.17, 15) is 32.9 Å². The Morgan fingerprint density at radius 2 is 1.94 bits per heavy atom. The second-order valence-electron chi connectivity index (χ2n) is 6.38. The van der Waals surface area contributed by atoms with Gasteiger partial charge in [0.25, 0.3) is 5.69 Å². The number of carbonyl (C=O) groups is 2. The molecule has 0 saturated heterocycles. The number of anilines is 1. The van der Waals surface area contributed by atoms with Crippen LogP contribution in [0.5, 0.6) is 11.5 Å². The van der Waals surface area contributed by atoms with Crippen molar-refractivity contribution in [2.75, 3.05) is 5.32 Å². The van der Waals surface area contributed by atoms with Crippen molar-refractivity contribution >= 4 is 23.3 Å². The lowest BCUT2D eigenvalue weighted by molar-refractivity contribution is -0.384. The number of hydrogen-bond donors (Lipinski definition) is 2. The van der Waals surface area contributed by atoms with Crippen molar-refractivity contribution in [2.45, 2.75) is 12.7 Å². The van der Waals surface area contributed by atoms with Gasteiger partial charge >= 0.3 is 12.1 Å². The number of nitro groups is 1. The van der Waals surface area contributed by atoms with Gasteiger partial charge in [-0.05, 0) is 18.2 Å². The number of amides is 1. The number of ether oxygens (including phenoxy) is 1. The molecule has 0 fully saturated rings. The minimum absolute atomic E-state index is 0.0585. The Morgan fingerprint density at radius 1 is 1.19 bits per heavy atom. The molecule has 0 aliphatic rings. The van der Waals surface area contributed by atoms with E-state index >= 15 is 0 Å². The summed E-state index contributed by atoms with van der Waals surface area (Å²) in [5.74, 6) is -2.31. The van der Waals surface area contributed by atoms with Gasteiger partial charge in [0, 0.05) is 18.3 Å². The number of carboxylic acids is 1. The van der Waals surface area contributed by atoms with E-state index in [4.69, 9.17) is 9.84 Å². The van der Waals surface area contributed by atoms with Crippen LogP contribution in [0.4, 0.5) is 24.5 Å². The van der Waals surface area contributed by atoms with Gasteiger partial charge in [0.1, 0.15) is 18.0 Å². The SMILES string of the molecule is O=C(Cn1cc(C(=O)O)cn1)Nc1cc(Oc2cccc(C(F)(F)F)c2)cc([N+](=O)[O-])c1. The Labute approximate surface area is 177 Å². The molecule has 32 heavy (non-hydrogen) atoms. The molecular formula is C19H13F3N4O6. The first-order valence-corrected chi connectivity index (χ1v) is 8.71. The van der Waals surface area contributed by atoms with Gasteiger partial charge in [0.15, 0.2) is 0 Å². The van der Waals surface area contributed by atoms with E-state index < -0.39 is 34.2 Å². The van der Waals surface area contributed by atoms with Gasteiger partial charge in [-0.3, -0.25) is 19.6 Å². The lowest BCUT2D eigenvalue weighted by Crippen LogP contribution is -2.19. The van der Waals surface area contributed by atoms with E-state index in [1.807, 2.05) is 0 Å². The molecular weight excluding hydrogens is 437 g/mol. The van der Waals surface area contributed by atoms with Crippen LogP contribution < -0.4 is 10.1 Å². The number of halogens is 3. The Bertz CT molecular complexity index is 1190. The Morgan fingerprint density at radius 3 is 2.56 bits per heavy atom. The predicted molar refractivity (Wildman–Crippen MR) is 102 cm³/mol. The first kappa shape index (κ1) is 22.3. The second kappa shape index (κ2) is 8.75. The third kappa shape index (κ3) is 5.59. The molecule has 2 N–H and O–H groups in total. The molecule has 13 heteroatoms. The molecule has 1 amide bonds. The number of non-ortho nitro benzene ring substituents is 1. The highest BCUT2D eigenvalue weighted by molar-refractivity contribution is 5.91. The van der Waals surface area contributed by atoms with Crippen molar-refractivity contribution in [3.8, 4) is 11.5 Å². The van der Waals surface area contributed by atoms with Crippen molar-refractivity contribution in [2.24, 2.45) is 0 Å². The fourth-order valence-electron chi connectivity index (χ4n) is 2.60. The van der Waals surface area contributed by atoms with Crippen molar-refractivity contribution < 1.29 is 37.5 Å². The molecule has 0 aliphatic heterocycles. The van der Waals surface area contributed by atoms with Crippen molar-refractivity contribution in [1.82, 2.24) is 9.78 Å². The van der Waals surface area contributed by atoms with Crippen molar-refractivity contribution in [3.63, 3.8) is 0 Å². The van der Waals surface area contributed by atoms with Crippen molar-refractivity contribution in [3.05, 3.63) is 76.1 Å². The molecule has 0 bridgehead atoms. The van der Waals surface area contributed by atoms with Gasteiger partial charge in [0.05, 0.1) is 34.0 Å². The van der Waals surface area contributed by atoms with Gasteiger partial charge in [-0.25, -0.2) is 4.79 Å². The van der Waals surface area contributed by atoms with Crippen LogP contribution in [0.25, 0.3) is 0 Å². The van der Waals surface area contributed by atoms with E-state index in [0.29, 0.717) is 0 Å². The fourth-order valence-corrected chi connectivity index (χ4v) is 2.60. The molecule has 1 heterocycles. The zero-order valence-electron chi connectivity index (χ0n) is 15.9. The third-order valence-corrected chi connectivity index (χ3v) is 3.97. The van der Waals surface area contributed by atoms with Gasteiger partial charge in [-0.15, -0.1) is 0 Å². The van der Waals surface area contributed by atoms with E-state index in [1.54, 1.807) is 0 Å². The van der Waals surface area contributed by atoms with E-state index in [2.05, 4.69) is 10.4 Å². The van der Waals surface area contributed by atoms with Gasteiger partial charge < -0.3 is 15.2 Å². The number of alkyl halides is 3. The smallest absolute Gasteiger partial charge is 0.416 e. The number of nitro benzene ring substituents is 1. The molecule has 0 radical (unpaired) electrons. The van der Waals surface area contributed by atoms with Crippen LogP contribution in [0.15, 0.2) is 54.9 Å². The summed E-state index contributed by atoms with van der Waals surface area (Å²) in [5, 5.41) is 26.2. The highest BCUT2D eigenvalue weighted by Crippen LogP contribution is 2.34. The molecule has 3 rings (SSSR count).